The fourth-order valence-electron chi connectivity index (χ4n) is 2.70. The van der Waals surface area contributed by atoms with E-state index in [0.717, 1.165) is 23.4 Å². The Bertz CT molecular complexity index is 807. The summed E-state index contributed by atoms with van der Waals surface area (Å²) in [7, 11) is 0. The second-order valence-electron chi connectivity index (χ2n) is 6.15. The molecule has 0 saturated heterocycles. The van der Waals surface area contributed by atoms with Crippen LogP contribution < -0.4 is 5.32 Å². The van der Waals surface area contributed by atoms with Gasteiger partial charge in [-0.2, -0.15) is 5.10 Å². The van der Waals surface area contributed by atoms with Crippen LogP contribution in [0.5, 0.6) is 0 Å². The van der Waals surface area contributed by atoms with Gasteiger partial charge in [0.15, 0.2) is 0 Å². The summed E-state index contributed by atoms with van der Waals surface area (Å²) in [6, 6.07) is 18.0. The van der Waals surface area contributed by atoms with Gasteiger partial charge in [-0.1, -0.05) is 43.7 Å². The molecule has 128 valence electrons. The first kappa shape index (κ1) is 17.0. The van der Waals surface area contributed by atoms with E-state index in [1.165, 1.54) is 18.4 Å². The molecular formula is C21H23N3O. The Morgan fingerprint density at radius 1 is 1.04 bits per heavy atom. The number of anilines is 1. The third kappa shape index (κ3) is 4.80. The number of hydrogen-bond acceptors (Lipinski definition) is 2. The molecule has 0 aliphatic rings. The van der Waals surface area contributed by atoms with Crippen LogP contribution >= 0.6 is 0 Å². The normalized spacial score (nSPS) is 10.6. The summed E-state index contributed by atoms with van der Waals surface area (Å²) < 4.78 is 1.78. The number of rotatable bonds is 7. The highest BCUT2D eigenvalue weighted by Gasteiger charge is 2.07. The minimum absolute atomic E-state index is 0.0334. The van der Waals surface area contributed by atoms with E-state index in [0.29, 0.717) is 6.42 Å². The number of aromatic nitrogens is 2. The van der Waals surface area contributed by atoms with Gasteiger partial charge in [0.05, 0.1) is 18.3 Å². The fraction of sp³-hybridized carbons (Fsp3) is 0.238. The van der Waals surface area contributed by atoms with Crippen LogP contribution in [0.4, 0.5) is 5.69 Å². The highest BCUT2D eigenvalue weighted by molar-refractivity contribution is 5.92. The van der Waals surface area contributed by atoms with E-state index in [-0.39, 0.29) is 5.91 Å². The molecule has 1 heterocycles. The molecule has 1 amide bonds. The molecule has 0 aliphatic carbocycles. The summed E-state index contributed by atoms with van der Waals surface area (Å²) >= 11 is 0. The van der Waals surface area contributed by atoms with Crippen LogP contribution in [0.2, 0.25) is 0 Å². The molecule has 0 unspecified atom stereocenters. The average Bonchev–Trinajstić information content (AvgIpc) is 3.10. The highest BCUT2D eigenvalue weighted by atomic mass is 16.1. The zero-order valence-corrected chi connectivity index (χ0v) is 14.5. The quantitative estimate of drug-likeness (QED) is 0.697. The number of carbonyl (C=O) groups excluding carboxylic acids is 1. The van der Waals surface area contributed by atoms with E-state index in [2.05, 4.69) is 29.5 Å². The van der Waals surface area contributed by atoms with Crippen LogP contribution in [0.3, 0.4) is 0 Å². The Morgan fingerprint density at radius 2 is 1.80 bits per heavy atom. The second-order valence-corrected chi connectivity index (χ2v) is 6.15. The average molecular weight is 333 g/mol. The minimum Gasteiger partial charge on any atom is -0.326 e. The van der Waals surface area contributed by atoms with Gasteiger partial charge in [-0.25, -0.2) is 4.68 Å². The summed E-state index contributed by atoms with van der Waals surface area (Å²) in [5, 5.41) is 7.27. The maximum absolute atomic E-state index is 12.2. The van der Waals surface area contributed by atoms with Crippen molar-refractivity contribution >= 4 is 11.6 Å². The van der Waals surface area contributed by atoms with Crippen molar-refractivity contribution in [3.63, 3.8) is 0 Å². The van der Waals surface area contributed by atoms with Crippen molar-refractivity contribution in [3.8, 4) is 5.69 Å². The van der Waals surface area contributed by atoms with Crippen molar-refractivity contribution in [1.29, 1.82) is 0 Å². The molecule has 3 aromatic rings. The van der Waals surface area contributed by atoms with Crippen LogP contribution in [0.15, 0.2) is 67.0 Å². The number of benzene rings is 2. The van der Waals surface area contributed by atoms with Crippen LogP contribution in [-0.2, 0) is 17.6 Å². The van der Waals surface area contributed by atoms with E-state index in [1.54, 1.807) is 10.9 Å². The molecule has 0 bridgehead atoms. The molecule has 4 nitrogen and oxygen atoms in total. The van der Waals surface area contributed by atoms with Crippen molar-refractivity contribution in [2.45, 2.75) is 32.6 Å². The summed E-state index contributed by atoms with van der Waals surface area (Å²) in [6.45, 7) is 2.19. The van der Waals surface area contributed by atoms with Crippen molar-refractivity contribution in [3.05, 3.63) is 78.1 Å². The molecule has 0 saturated carbocycles. The Kier molecular flexibility index (Phi) is 5.62. The highest BCUT2D eigenvalue weighted by Crippen LogP contribution is 2.13. The summed E-state index contributed by atoms with van der Waals surface area (Å²) in [5.41, 5.74) is 4.02. The number of hydrogen-bond donors (Lipinski definition) is 1. The van der Waals surface area contributed by atoms with Crippen molar-refractivity contribution < 1.29 is 4.79 Å². The van der Waals surface area contributed by atoms with Crippen LogP contribution in [-0.4, -0.2) is 15.7 Å². The lowest BCUT2D eigenvalue weighted by molar-refractivity contribution is -0.115. The zero-order chi connectivity index (χ0) is 17.5. The lowest BCUT2D eigenvalue weighted by Gasteiger charge is -2.06. The SMILES string of the molecule is CCCCc1ccc(NC(=O)Cc2cnn(-c3ccccc3)c2)cc1. The zero-order valence-electron chi connectivity index (χ0n) is 14.5. The van der Waals surface area contributed by atoms with Crippen LogP contribution in [0.1, 0.15) is 30.9 Å². The Hall–Kier alpha value is -2.88. The molecule has 4 heteroatoms. The molecule has 0 aliphatic heterocycles. The monoisotopic (exact) mass is 333 g/mol. The first-order valence-electron chi connectivity index (χ1n) is 8.72. The molecule has 0 radical (unpaired) electrons. The number of unbranched alkanes of at least 4 members (excludes halogenated alkanes) is 1. The minimum atomic E-state index is -0.0334. The van der Waals surface area contributed by atoms with E-state index < -0.39 is 0 Å². The Labute approximate surface area is 148 Å². The van der Waals surface area contributed by atoms with Gasteiger partial charge in [0.1, 0.15) is 0 Å². The predicted molar refractivity (Wildman–Crippen MR) is 101 cm³/mol. The van der Waals surface area contributed by atoms with Gasteiger partial charge >= 0.3 is 0 Å². The number of nitrogens with zero attached hydrogens (tertiary/aromatic N) is 2. The van der Waals surface area contributed by atoms with E-state index in [4.69, 9.17) is 0 Å². The van der Waals surface area contributed by atoms with Crippen molar-refractivity contribution in [2.75, 3.05) is 5.32 Å². The summed E-state index contributed by atoms with van der Waals surface area (Å²) in [6.07, 6.45) is 7.41. The van der Waals surface area contributed by atoms with Gasteiger partial charge in [0.2, 0.25) is 5.91 Å². The van der Waals surface area contributed by atoms with E-state index in [9.17, 15) is 4.79 Å². The third-order valence-electron chi connectivity index (χ3n) is 4.08. The van der Waals surface area contributed by atoms with Gasteiger partial charge in [0.25, 0.3) is 0 Å². The largest absolute Gasteiger partial charge is 0.326 e. The maximum Gasteiger partial charge on any atom is 0.228 e. The number of para-hydroxylation sites is 1. The summed E-state index contributed by atoms with van der Waals surface area (Å²) in [4.78, 5) is 12.2. The molecule has 1 N–H and O–H groups in total. The van der Waals surface area contributed by atoms with Gasteiger partial charge in [0, 0.05) is 11.9 Å². The van der Waals surface area contributed by atoms with Gasteiger partial charge < -0.3 is 5.32 Å². The van der Waals surface area contributed by atoms with Crippen molar-refractivity contribution in [1.82, 2.24) is 9.78 Å². The fourth-order valence-corrected chi connectivity index (χ4v) is 2.70. The molecule has 2 aromatic carbocycles. The third-order valence-corrected chi connectivity index (χ3v) is 4.08. The first-order valence-corrected chi connectivity index (χ1v) is 8.72. The predicted octanol–water partition coefficient (Wildman–Crippen LogP) is 4.40. The standard InChI is InChI=1S/C21H23N3O/c1-2-3-7-17-10-12-19(13-11-17)23-21(25)14-18-15-22-24(16-18)20-8-5-4-6-9-20/h4-6,8-13,15-16H,2-3,7,14H2,1H3,(H,23,25). The maximum atomic E-state index is 12.2. The first-order chi connectivity index (χ1) is 12.2. The van der Waals surface area contributed by atoms with Crippen LogP contribution in [0, 0.1) is 0 Å². The van der Waals surface area contributed by atoms with Gasteiger partial charge in [-0.15, -0.1) is 0 Å². The number of carbonyl (C=O) groups is 1. The topological polar surface area (TPSA) is 46.9 Å². The van der Waals surface area contributed by atoms with Gasteiger partial charge in [-0.3, -0.25) is 4.79 Å². The van der Waals surface area contributed by atoms with Gasteiger partial charge in [-0.05, 0) is 48.2 Å². The molecule has 1 aromatic heterocycles. The molecule has 0 spiro atoms. The van der Waals surface area contributed by atoms with E-state index in [1.807, 2.05) is 48.7 Å². The summed E-state index contributed by atoms with van der Waals surface area (Å²) in [5.74, 6) is -0.0334. The number of nitrogens with one attached hydrogen (secondary N) is 1. The lowest BCUT2D eigenvalue weighted by Crippen LogP contribution is -2.14. The van der Waals surface area contributed by atoms with Crippen molar-refractivity contribution in [2.24, 2.45) is 0 Å². The second kappa shape index (κ2) is 8.29. The number of aryl methyl sites for hydroxylation is 1. The Morgan fingerprint density at radius 3 is 2.52 bits per heavy atom. The number of amides is 1. The molecule has 25 heavy (non-hydrogen) atoms. The Balaban J connectivity index is 1.57. The van der Waals surface area contributed by atoms with Crippen LogP contribution in [0.25, 0.3) is 5.69 Å². The molecule has 3 rings (SSSR count). The smallest absolute Gasteiger partial charge is 0.228 e. The van der Waals surface area contributed by atoms with E-state index >= 15 is 0 Å². The molecule has 0 atom stereocenters. The molecule has 0 fully saturated rings. The molecular weight excluding hydrogens is 310 g/mol. The lowest BCUT2D eigenvalue weighted by atomic mass is 10.1.